The van der Waals surface area contributed by atoms with Crippen LogP contribution in [0.5, 0.6) is 0 Å². The first kappa shape index (κ1) is 18.2. The molecule has 0 radical (unpaired) electrons. The van der Waals surface area contributed by atoms with Gasteiger partial charge in [-0.1, -0.05) is 6.07 Å². The third-order valence-corrected chi connectivity index (χ3v) is 4.63. The second-order valence-electron chi connectivity index (χ2n) is 5.71. The number of nitrogens with one attached hydrogen (secondary N) is 2. The van der Waals surface area contributed by atoms with Crippen molar-refractivity contribution < 1.29 is 13.2 Å². The molecule has 1 aromatic carbocycles. The van der Waals surface area contributed by atoms with Gasteiger partial charge in [0.05, 0.1) is 11.4 Å². The highest BCUT2D eigenvalue weighted by Gasteiger charge is 2.09. The van der Waals surface area contributed by atoms with Gasteiger partial charge in [-0.15, -0.1) is 0 Å². The molecule has 1 unspecified atom stereocenters. The summed E-state index contributed by atoms with van der Waals surface area (Å²) in [7, 11) is 1.53. The highest BCUT2D eigenvalue weighted by molar-refractivity contribution is 7.76. The number of hydrogen-bond acceptors (Lipinski definition) is 4. The van der Waals surface area contributed by atoms with E-state index in [9.17, 15) is 13.4 Å². The Morgan fingerprint density at radius 2 is 2.08 bits per heavy atom. The lowest BCUT2D eigenvalue weighted by molar-refractivity contribution is 0.450. The Hall–Kier alpha value is -2.62. The third-order valence-electron chi connectivity index (χ3n) is 3.92. The number of halogens is 1. The first-order valence-electron chi connectivity index (χ1n) is 7.79. The van der Waals surface area contributed by atoms with Crippen LogP contribution in [-0.2, 0) is 17.7 Å². The molecule has 0 spiro atoms. The number of pyridine rings is 2. The normalized spacial score (nSPS) is 12.5. The first-order valence-corrected chi connectivity index (χ1v) is 8.86. The second kappa shape index (κ2) is 7.73. The van der Waals surface area contributed by atoms with Crippen molar-refractivity contribution in [1.29, 1.82) is 0 Å². The Labute approximate surface area is 151 Å². The van der Waals surface area contributed by atoms with Crippen molar-refractivity contribution in [1.82, 2.24) is 14.3 Å². The summed E-state index contributed by atoms with van der Waals surface area (Å²) in [4.78, 5) is 18.1. The van der Waals surface area contributed by atoms with E-state index in [1.807, 2.05) is 0 Å². The summed E-state index contributed by atoms with van der Waals surface area (Å²) in [5.41, 5.74) is 1.84. The van der Waals surface area contributed by atoms with Crippen molar-refractivity contribution in [3.05, 3.63) is 64.3 Å². The lowest BCUT2D eigenvalue weighted by atomic mass is 10.1. The largest absolute Gasteiger partial charge is 0.352 e. The van der Waals surface area contributed by atoms with Crippen LogP contribution in [0.1, 0.15) is 5.56 Å². The van der Waals surface area contributed by atoms with E-state index in [2.05, 4.69) is 15.3 Å². The Bertz CT molecular complexity index is 1020. The smallest absolute Gasteiger partial charge is 0.249 e. The number of anilines is 2. The zero-order chi connectivity index (χ0) is 18.7. The van der Waals surface area contributed by atoms with E-state index in [0.29, 0.717) is 29.7 Å². The Balaban J connectivity index is 1.87. The molecule has 0 bridgehead atoms. The highest BCUT2D eigenvalue weighted by Crippen LogP contribution is 2.26. The summed E-state index contributed by atoms with van der Waals surface area (Å²) in [6, 6.07) is 9.33. The minimum atomic E-state index is -2.04. The van der Waals surface area contributed by atoms with Crippen LogP contribution in [0.25, 0.3) is 11.0 Å². The minimum Gasteiger partial charge on any atom is -0.352 e. The van der Waals surface area contributed by atoms with Crippen molar-refractivity contribution in [3.63, 3.8) is 0 Å². The second-order valence-corrected chi connectivity index (χ2v) is 6.80. The van der Waals surface area contributed by atoms with Crippen molar-refractivity contribution in [2.75, 3.05) is 18.9 Å². The fraction of sp³-hybridized carbons (Fsp3) is 0.176. The summed E-state index contributed by atoms with van der Waals surface area (Å²) in [6.07, 6.45) is 2.01. The topological polar surface area (TPSA) is 98.3 Å². The summed E-state index contributed by atoms with van der Waals surface area (Å²) in [5, 5.41) is 3.68. The average Bonchev–Trinajstić information content (AvgIpc) is 2.61. The standard InChI is InChI=1S/C17H17FN4O3S/c1-22(26(24)25)9-7-11-2-4-13(18)15(10-11)20-14-6-8-19-17-12(14)3-5-16(23)21-17/h2-6,8,10H,7,9H2,1H3,(H,24,25)(H2,19,20,21,23). The quantitative estimate of drug-likeness (QED) is 0.574. The van der Waals surface area contributed by atoms with Gasteiger partial charge >= 0.3 is 0 Å². The monoisotopic (exact) mass is 376 g/mol. The van der Waals surface area contributed by atoms with Gasteiger partial charge in [0, 0.05) is 31.2 Å². The van der Waals surface area contributed by atoms with Gasteiger partial charge in [0.25, 0.3) is 0 Å². The molecule has 7 nitrogen and oxygen atoms in total. The van der Waals surface area contributed by atoms with Crippen LogP contribution < -0.4 is 10.9 Å². The summed E-state index contributed by atoms with van der Waals surface area (Å²) >= 11 is -2.04. The van der Waals surface area contributed by atoms with Crippen LogP contribution in [0.4, 0.5) is 15.8 Å². The number of aromatic nitrogens is 2. The molecule has 0 aliphatic carbocycles. The van der Waals surface area contributed by atoms with Gasteiger partial charge in [0.1, 0.15) is 11.5 Å². The predicted octanol–water partition coefficient (Wildman–Crippen LogP) is 2.42. The first-order chi connectivity index (χ1) is 12.4. The maximum Gasteiger partial charge on any atom is 0.249 e. The van der Waals surface area contributed by atoms with Gasteiger partial charge in [0.15, 0.2) is 0 Å². The molecule has 9 heteroatoms. The number of aromatic amines is 1. The lowest BCUT2D eigenvalue weighted by Crippen LogP contribution is -2.23. The van der Waals surface area contributed by atoms with E-state index >= 15 is 0 Å². The molecule has 2 aromatic heterocycles. The molecule has 0 fully saturated rings. The number of fused-ring (bicyclic) bond motifs is 1. The SMILES string of the molecule is CN(CCc1ccc(F)c(Nc2ccnc3[nH]c(=O)ccc23)c1)S(=O)O. The minimum absolute atomic E-state index is 0.263. The van der Waals surface area contributed by atoms with Crippen molar-refractivity contribution in [2.24, 2.45) is 0 Å². The fourth-order valence-electron chi connectivity index (χ4n) is 2.50. The Kier molecular flexibility index (Phi) is 5.40. The molecule has 26 heavy (non-hydrogen) atoms. The molecule has 0 saturated carbocycles. The van der Waals surface area contributed by atoms with Crippen LogP contribution in [0.2, 0.25) is 0 Å². The molecule has 0 aliphatic rings. The molecule has 136 valence electrons. The van der Waals surface area contributed by atoms with Crippen LogP contribution in [0.15, 0.2) is 47.4 Å². The summed E-state index contributed by atoms with van der Waals surface area (Å²) in [5.74, 6) is -0.428. The van der Waals surface area contributed by atoms with Gasteiger partial charge < -0.3 is 10.3 Å². The predicted molar refractivity (Wildman–Crippen MR) is 99.2 cm³/mol. The van der Waals surface area contributed by atoms with Gasteiger partial charge in [-0.05, 0) is 36.2 Å². The fourth-order valence-corrected chi connectivity index (χ4v) is 2.75. The molecule has 0 aliphatic heterocycles. The van der Waals surface area contributed by atoms with E-state index in [1.54, 1.807) is 24.3 Å². The molecular formula is C17H17FN4O3S. The van der Waals surface area contributed by atoms with Crippen LogP contribution in [-0.4, -0.2) is 36.6 Å². The lowest BCUT2D eigenvalue weighted by Gasteiger charge is -2.13. The molecule has 3 N–H and O–H groups in total. The molecule has 0 amide bonds. The number of rotatable bonds is 6. The van der Waals surface area contributed by atoms with Crippen LogP contribution in [0, 0.1) is 5.82 Å². The van der Waals surface area contributed by atoms with Crippen molar-refractivity contribution in [2.45, 2.75) is 6.42 Å². The zero-order valence-electron chi connectivity index (χ0n) is 13.9. The molecule has 0 saturated heterocycles. The van der Waals surface area contributed by atoms with Crippen LogP contribution in [0.3, 0.4) is 0 Å². The van der Waals surface area contributed by atoms with Crippen molar-refractivity contribution in [3.8, 4) is 0 Å². The molecule has 1 atom stereocenters. The Morgan fingerprint density at radius 3 is 2.85 bits per heavy atom. The highest BCUT2D eigenvalue weighted by atomic mass is 32.2. The Morgan fingerprint density at radius 1 is 1.27 bits per heavy atom. The van der Waals surface area contributed by atoms with Gasteiger partial charge in [-0.25, -0.2) is 17.9 Å². The number of likely N-dealkylation sites (N-methyl/N-ethyl adjacent to an activating group) is 1. The summed E-state index contributed by atoms with van der Waals surface area (Å²) in [6.45, 7) is 0.355. The van der Waals surface area contributed by atoms with E-state index in [1.165, 1.54) is 29.7 Å². The zero-order valence-corrected chi connectivity index (χ0v) is 14.7. The molecule has 3 aromatic rings. The van der Waals surface area contributed by atoms with Crippen LogP contribution >= 0.6 is 0 Å². The van der Waals surface area contributed by atoms with E-state index < -0.39 is 17.1 Å². The molecule has 2 heterocycles. The number of H-pyrrole nitrogens is 1. The maximum absolute atomic E-state index is 14.2. The summed E-state index contributed by atoms with van der Waals surface area (Å²) < 4.78 is 35.5. The molecular weight excluding hydrogens is 359 g/mol. The number of hydrogen-bond donors (Lipinski definition) is 3. The maximum atomic E-state index is 14.2. The van der Waals surface area contributed by atoms with E-state index in [0.717, 1.165) is 5.56 Å². The van der Waals surface area contributed by atoms with Gasteiger partial charge in [-0.3, -0.25) is 9.35 Å². The van der Waals surface area contributed by atoms with Gasteiger partial charge in [0.2, 0.25) is 16.8 Å². The third kappa shape index (κ3) is 4.13. The van der Waals surface area contributed by atoms with Crippen molar-refractivity contribution >= 4 is 33.7 Å². The molecule has 3 rings (SSSR count). The van der Waals surface area contributed by atoms with E-state index in [4.69, 9.17) is 4.55 Å². The van der Waals surface area contributed by atoms with Gasteiger partial charge in [-0.2, -0.15) is 0 Å². The van der Waals surface area contributed by atoms with E-state index in [-0.39, 0.29) is 11.2 Å². The average molecular weight is 376 g/mol. The number of nitrogens with zero attached hydrogens (tertiary/aromatic N) is 2. The number of benzene rings is 1.